The average molecular weight is 498 g/mol. The third-order valence-corrected chi connectivity index (χ3v) is 5.72. The van der Waals surface area contributed by atoms with Crippen molar-refractivity contribution in [3.63, 3.8) is 0 Å². The first-order chi connectivity index (χ1) is 17.9. The topological polar surface area (TPSA) is 110 Å². The lowest BCUT2D eigenvalue weighted by molar-refractivity contribution is -0.113. The summed E-state index contributed by atoms with van der Waals surface area (Å²) in [7, 11) is 1.64. The van der Waals surface area contributed by atoms with Crippen molar-refractivity contribution in [3.05, 3.63) is 77.0 Å². The van der Waals surface area contributed by atoms with Gasteiger partial charge in [-0.05, 0) is 67.8 Å². The minimum absolute atomic E-state index is 0.0921. The summed E-state index contributed by atoms with van der Waals surface area (Å²) in [6.07, 6.45) is 3.43. The molecular weight excluding hydrogens is 470 g/mol. The van der Waals surface area contributed by atoms with Crippen LogP contribution in [0.2, 0.25) is 0 Å². The van der Waals surface area contributed by atoms with E-state index in [1.165, 1.54) is 17.3 Å². The predicted molar refractivity (Wildman–Crippen MR) is 143 cm³/mol. The molecule has 0 saturated carbocycles. The van der Waals surface area contributed by atoms with E-state index in [0.29, 0.717) is 35.1 Å². The number of hydrogen-bond donors (Lipinski definition) is 2. The minimum Gasteiger partial charge on any atom is -0.457 e. The highest BCUT2D eigenvalue weighted by atomic mass is 16.5. The summed E-state index contributed by atoms with van der Waals surface area (Å²) < 4.78 is 7.54. The summed E-state index contributed by atoms with van der Waals surface area (Å²) in [4.78, 5) is 34.6. The van der Waals surface area contributed by atoms with Gasteiger partial charge in [-0.25, -0.2) is 9.97 Å². The zero-order valence-electron chi connectivity index (χ0n) is 20.9. The van der Waals surface area contributed by atoms with Gasteiger partial charge in [-0.15, -0.1) is 0 Å². The Labute approximate surface area is 214 Å². The van der Waals surface area contributed by atoms with E-state index in [0.717, 1.165) is 16.6 Å². The second kappa shape index (κ2) is 11.4. The Morgan fingerprint density at radius 1 is 1.16 bits per heavy atom. The molecule has 0 aliphatic heterocycles. The highest BCUT2D eigenvalue weighted by Gasteiger charge is 2.12. The van der Waals surface area contributed by atoms with Crippen molar-refractivity contribution in [3.8, 4) is 23.3 Å². The molecule has 0 bridgehead atoms. The second-order valence-corrected chi connectivity index (χ2v) is 8.26. The number of nitrogens with zero attached hydrogens (tertiary/aromatic N) is 4. The summed E-state index contributed by atoms with van der Waals surface area (Å²) in [5.74, 6) is 6.48. The number of amides is 1. The third kappa shape index (κ3) is 5.94. The van der Waals surface area contributed by atoms with Crippen molar-refractivity contribution in [1.29, 1.82) is 0 Å². The first-order valence-corrected chi connectivity index (χ1v) is 11.8. The van der Waals surface area contributed by atoms with E-state index in [2.05, 4.69) is 27.1 Å². The highest BCUT2D eigenvalue weighted by molar-refractivity contribution is 6.06. The predicted octanol–water partition coefficient (Wildman–Crippen LogP) is 4.00. The number of carbonyl (C=O) groups excluding carboxylic acids is 1. The van der Waals surface area contributed by atoms with Crippen LogP contribution in [0.5, 0.6) is 11.5 Å². The molecule has 2 N–H and O–H groups in total. The van der Waals surface area contributed by atoms with E-state index < -0.39 is 0 Å². The molecule has 2 heterocycles. The Bertz CT molecular complexity index is 1570. The van der Waals surface area contributed by atoms with Crippen LogP contribution in [0, 0.1) is 18.8 Å². The first-order valence-electron chi connectivity index (χ1n) is 11.8. The van der Waals surface area contributed by atoms with E-state index in [4.69, 9.17) is 9.84 Å². The molecule has 9 nitrogen and oxygen atoms in total. The van der Waals surface area contributed by atoms with Crippen LogP contribution in [-0.4, -0.2) is 39.2 Å². The van der Waals surface area contributed by atoms with Gasteiger partial charge in [0.2, 0.25) is 0 Å². The van der Waals surface area contributed by atoms with Crippen LogP contribution in [0.3, 0.4) is 0 Å². The highest BCUT2D eigenvalue weighted by Crippen LogP contribution is 2.30. The number of aromatic nitrogens is 3. The van der Waals surface area contributed by atoms with Crippen molar-refractivity contribution in [2.45, 2.75) is 26.8 Å². The molecule has 2 aromatic heterocycles. The maximum Gasteiger partial charge on any atom is 0.302 e. The lowest BCUT2D eigenvalue weighted by atomic mass is 10.1. The summed E-state index contributed by atoms with van der Waals surface area (Å²) in [5.41, 5.74) is 2.90. The van der Waals surface area contributed by atoms with Gasteiger partial charge in [0.05, 0.1) is 12.1 Å². The van der Waals surface area contributed by atoms with Gasteiger partial charge in [-0.2, -0.15) is 0 Å². The van der Waals surface area contributed by atoms with Crippen LogP contribution < -0.4 is 20.5 Å². The Morgan fingerprint density at radius 2 is 2.00 bits per heavy atom. The second-order valence-electron chi connectivity index (χ2n) is 8.26. The molecule has 4 rings (SSSR count). The Morgan fingerprint density at radius 3 is 2.73 bits per heavy atom. The van der Waals surface area contributed by atoms with Crippen LogP contribution in [0.4, 0.5) is 17.2 Å². The maximum atomic E-state index is 12.4. The van der Waals surface area contributed by atoms with Crippen molar-refractivity contribution in [2.24, 2.45) is 0 Å². The normalized spacial score (nSPS) is 10.5. The molecule has 0 aliphatic carbocycles. The van der Waals surface area contributed by atoms with Crippen LogP contribution in [0.25, 0.3) is 10.9 Å². The summed E-state index contributed by atoms with van der Waals surface area (Å²) in [5, 5.41) is 12.9. The van der Waals surface area contributed by atoms with Crippen molar-refractivity contribution in [1.82, 2.24) is 14.5 Å². The number of pyridine rings is 1. The summed E-state index contributed by atoms with van der Waals surface area (Å²) in [6, 6.07) is 14.3. The summed E-state index contributed by atoms with van der Waals surface area (Å²) >= 11 is 0. The Kier molecular flexibility index (Phi) is 7.81. The Balaban J connectivity index is 1.57. The molecule has 0 unspecified atom stereocenters. The number of aryl methyl sites for hydroxylation is 2. The van der Waals surface area contributed by atoms with Gasteiger partial charge < -0.3 is 24.6 Å². The standard InChI is InChI=1S/C28H27N5O4/c1-4-33-13-12-22(17-27(33)36)37-25-11-8-20(15-19(25)2)31-28-23-16-21(9-10-24(23)29-18-30-28)32(3)26(35)7-5-6-14-34/h8-13,15-18,34H,4,6,14H2,1-3H3,(H,29,30,31). The molecule has 37 heavy (non-hydrogen) atoms. The van der Waals surface area contributed by atoms with Crippen molar-refractivity contribution < 1.29 is 14.6 Å². The van der Waals surface area contributed by atoms with Gasteiger partial charge in [-0.1, -0.05) is 5.92 Å². The monoisotopic (exact) mass is 497 g/mol. The first kappa shape index (κ1) is 25.4. The van der Waals surface area contributed by atoms with E-state index in [-0.39, 0.29) is 24.5 Å². The Hall–Kier alpha value is -4.68. The molecule has 0 atom stereocenters. The number of aliphatic hydroxyl groups is 1. The molecule has 9 heteroatoms. The number of anilines is 3. The molecule has 1 amide bonds. The molecule has 0 spiro atoms. The molecule has 0 radical (unpaired) electrons. The molecule has 0 fully saturated rings. The zero-order chi connectivity index (χ0) is 26.4. The SMILES string of the molecule is CCn1ccc(Oc2ccc(Nc3ncnc4ccc(N(C)C(=O)C#CCCO)cc34)cc2C)cc1=O. The lowest BCUT2D eigenvalue weighted by Gasteiger charge is -2.16. The average Bonchev–Trinajstić information content (AvgIpc) is 2.90. The number of carbonyl (C=O) groups is 1. The van der Waals surface area contributed by atoms with Gasteiger partial charge in [0.1, 0.15) is 23.6 Å². The number of aliphatic hydroxyl groups excluding tert-OH is 1. The maximum absolute atomic E-state index is 12.4. The largest absolute Gasteiger partial charge is 0.457 e. The molecule has 4 aromatic rings. The molecule has 188 valence electrons. The fourth-order valence-corrected chi connectivity index (χ4v) is 3.67. The fourth-order valence-electron chi connectivity index (χ4n) is 3.67. The number of benzene rings is 2. The molecular formula is C28H27N5O4. The molecule has 0 aliphatic rings. The molecule has 0 saturated heterocycles. The van der Waals surface area contributed by atoms with Gasteiger partial charge in [0.15, 0.2) is 0 Å². The van der Waals surface area contributed by atoms with Crippen LogP contribution in [0.15, 0.2) is 65.8 Å². The van der Waals surface area contributed by atoms with E-state index in [1.807, 2.05) is 44.2 Å². The number of ether oxygens (including phenoxy) is 1. The van der Waals surface area contributed by atoms with E-state index in [9.17, 15) is 9.59 Å². The number of hydrogen-bond acceptors (Lipinski definition) is 7. The van der Waals surface area contributed by atoms with Crippen LogP contribution >= 0.6 is 0 Å². The van der Waals surface area contributed by atoms with E-state index >= 15 is 0 Å². The quantitative estimate of drug-likeness (QED) is 0.371. The van der Waals surface area contributed by atoms with Crippen molar-refractivity contribution >= 4 is 34.0 Å². The fraction of sp³-hybridized carbons (Fsp3) is 0.214. The van der Waals surface area contributed by atoms with Gasteiger partial charge in [0.25, 0.3) is 5.56 Å². The van der Waals surface area contributed by atoms with Crippen LogP contribution in [0.1, 0.15) is 18.9 Å². The van der Waals surface area contributed by atoms with Crippen molar-refractivity contribution in [2.75, 3.05) is 23.9 Å². The summed E-state index contributed by atoms with van der Waals surface area (Å²) in [6.45, 7) is 4.34. The van der Waals surface area contributed by atoms with Crippen LogP contribution in [-0.2, 0) is 11.3 Å². The van der Waals surface area contributed by atoms with Gasteiger partial charge in [0, 0.05) is 49.0 Å². The number of rotatable bonds is 7. The number of nitrogens with one attached hydrogen (secondary N) is 1. The smallest absolute Gasteiger partial charge is 0.302 e. The minimum atomic E-state index is -0.377. The molecule has 2 aromatic carbocycles. The van der Waals surface area contributed by atoms with Gasteiger partial charge >= 0.3 is 5.91 Å². The van der Waals surface area contributed by atoms with E-state index in [1.54, 1.807) is 29.9 Å². The lowest BCUT2D eigenvalue weighted by Crippen LogP contribution is -2.24. The number of fused-ring (bicyclic) bond motifs is 1. The zero-order valence-corrected chi connectivity index (χ0v) is 20.9. The third-order valence-electron chi connectivity index (χ3n) is 5.72. The van der Waals surface area contributed by atoms with Gasteiger partial charge in [-0.3, -0.25) is 9.59 Å².